The molecule has 3 N–H and O–H groups in total. The van der Waals surface area contributed by atoms with Gasteiger partial charge in [-0.2, -0.15) is 0 Å². The summed E-state index contributed by atoms with van der Waals surface area (Å²) in [4.78, 5) is 21.9. The maximum atomic E-state index is 11.4. The molecule has 0 aliphatic heterocycles. The topological polar surface area (TPSA) is 84.1 Å². The molecule has 0 aromatic carbocycles. The number of nitrogen functional groups attached to an aromatic ring is 1. The summed E-state index contributed by atoms with van der Waals surface area (Å²) in [6, 6.07) is 1.73. The van der Waals surface area contributed by atoms with Gasteiger partial charge >= 0.3 is 0 Å². The highest BCUT2D eigenvalue weighted by Crippen LogP contribution is 2.05. The van der Waals surface area contributed by atoms with Crippen molar-refractivity contribution in [3.8, 4) is 0 Å². The number of carbonyl (C=O) groups excluding carboxylic acids is 1. The molecule has 0 radical (unpaired) electrons. The van der Waals surface area contributed by atoms with E-state index in [4.69, 9.17) is 5.73 Å². The van der Waals surface area contributed by atoms with Gasteiger partial charge in [0.2, 0.25) is 5.91 Å². The first-order chi connectivity index (χ1) is 8.55. The maximum absolute atomic E-state index is 11.4. The summed E-state index contributed by atoms with van der Waals surface area (Å²) in [5.74, 6) is 1.11. The molecule has 0 bridgehead atoms. The average molecular weight is 251 g/mol. The molecule has 100 valence electrons. The zero-order valence-electron chi connectivity index (χ0n) is 11.2. The van der Waals surface area contributed by atoms with Crippen LogP contribution in [0.5, 0.6) is 0 Å². The summed E-state index contributed by atoms with van der Waals surface area (Å²) < 4.78 is 0. The van der Waals surface area contributed by atoms with Crippen LogP contribution in [0.2, 0.25) is 0 Å². The van der Waals surface area contributed by atoms with Gasteiger partial charge < -0.3 is 11.1 Å². The third kappa shape index (κ3) is 4.67. The largest absolute Gasteiger partial charge is 0.384 e. The van der Waals surface area contributed by atoms with Gasteiger partial charge in [0.15, 0.2) is 0 Å². The van der Waals surface area contributed by atoms with Gasteiger partial charge in [0, 0.05) is 18.8 Å². The summed E-state index contributed by atoms with van der Waals surface area (Å²) in [6.45, 7) is 5.66. The highest BCUT2D eigenvalue weighted by Gasteiger charge is 2.11. The second-order valence-corrected chi connectivity index (χ2v) is 4.23. The number of hydrogen-bond donors (Lipinski definition) is 2. The summed E-state index contributed by atoms with van der Waals surface area (Å²) >= 11 is 0. The normalized spacial score (nSPS) is 10.7. The molecule has 0 unspecified atom stereocenters. The zero-order valence-corrected chi connectivity index (χ0v) is 11.2. The molecule has 1 rings (SSSR count). The Kier molecular flexibility index (Phi) is 5.51. The third-order valence-electron chi connectivity index (χ3n) is 2.47. The van der Waals surface area contributed by atoms with Crippen LogP contribution in [0.1, 0.15) is 24.9 Å². The van der Waals surface area contributed by atoms with E-state index < -0.39 is 0 Å². The molecule has 0 fully saturated rings. The van der Waals surface area contributed by atoms with E-state index in [9.17, 15) is 4.79 Å². The van der Waals surface area contributed by atoms with Crippen LogP contribution in [-0.4, -0.2) is 40.9 Å². The van der Waals surface area contributed by atoms with E-state index in [0.717, 1.165) is 18.7 Å². The van der Waals surface area contributed by atoms with Crippen molar-refractivity contribution in [3.63, 3.8) is 0 Å². The van der Waals surface area contributed by atoms with Crippen molar-refractivity contribution >= 4 is 11.7 Å². The van der Waals surface area contributed by atoms with E-state index in [1.165, 1.54) is 0 Å². The van der Waals surface area contributed by atoms with Crippen molar-refractivity contribution in [2.75, 3.05) is 25.9 Å². The molecule has 0 saturated carbocycles. The van der Waals surface area contributed by atoms with Crippen molar-refractivity contribution in [1.82, 2.24) is 20.2 Å². The number of likely N-dealkylation sites (N-methyl/N-ethyl adjacent to an activating group) is 1. The highest BCUT2D eigenvalue weighted by molar-refractivity contribution is 5.77. The van der Waals surface area contributed by atoms with Crippen LogP contribution in [0.25, 0.3) is 0 Å². The van der Waals surface area contributed by atoms with Crippen LogP contribution in [-0.2, 0) is 11.3 Å². The molecule has 1 aromatic heterocycles. The molecule has 1 heterocycles. The molecule has 6 nitrogen and oxygen atoms in total. The molecule has 0 spiro atoms. The van der Waals surface area contributed by atoms with E-state index >= 15 is 0 Å². The van der Waals surface area contributed by atoms with Crippen LogP contribution in [0.15, 0.2) is 6.07 Å². The van der Waals surface area contributed by atoms with E-state index in [0.29, 0.717) is 24.7 Å². The van der Waals surface area contributed by atoms with E-state index in [2.05, 4.69) is 22.2 Å². The van der Waals surface area contributed by atoms with Crippen molar-refractivity contribution < 1.29 is 4.79 Å². The maximum Gasteiger partial charge on any atom is 0.233 e. The number of anilines is 1. The molecular weight excluding hydrogens is 230 g/mol. The zero-order chi connectivity index (χ0) is 13.5. The lowest BCUT2D eigenvalue weighted by Gasteiger charge is -2.19. The number of nitrogens with one attached hydrogen (secondary N) is 1. The summed E-state index contributed by atoms with van der Waals surface area (Å²) in [6.07, 6.45) is 0.971. The highest BCUT2D eigenvalue weighted by atomic mass is 16.1. The lowest BCUT2D eigenvalue weighted by Crippen LogP contribution is -2.36. The second kappa shape index (κ2) is 6.90. The third-order valence-corrected chi connectivity index (χ3v) is 2.47. The Labute approximate surface area is 108 Å². The van der Waals surface area contributed by atoms with Crippen LogP contribution in [0.3, 0.4) is 0 Å². The molecule has 0 atom stereocenters. The minimum Gasteiger partial charge on any atom is -0.384 e. The van der Waals surface area contributed by atoms with Gasteiger partial charge in [-0.25, -0.2) is 9.97 Å². The van der Waals surface area contributed by atoms with Crippen LogP contribution in [0.4, 0.5) is 5.82 Å². The monoisotopic (exact) mass is 251 g/mol. The molecule has 0 aliphatic carbocycles. The fraction of sp³-hybridized carbons (Fsp3) is 0.583. The predicted octanol–water partition coefficient (Wildman–Crippen LogP) is 0.325. The smallest absolute Gasteiger partial charge is 0.233 e. The van der Waals surface area contributed by atoms with Gasteiger partial charge in [-0.05, 0) is 19.9 Å². The Morgan fingerprint density at radius 3 is 2.78 bits per heavy atom. The predicted molar refractivity (Wildman–Crippen MR) is 70.8 cm³/mol. The fourth-order valence-electron chi connectivity index (χ4n) is 1.74. The molecule has 0 aliphatic rings. The summed E-state index contributed by atoms with van der Waals surface area (Å²) in [7, 11) is 1.63. The van der Waals surface area contributed by atoms with Gasteiger partial charge in [0.05, 0.1) is 13.1 Å². The number of hydrogen-bond acceptors (Lipinski definition) is 5. The number of amides is 1. The minimum absolute atomic E-state index is 0.0101. The van der Waals surface area contributed by atoms with E-state index in [-0.39, 0.29) is 5.91 Å². The Hall–Kier alpha value is -1.69. The Morgan fingerprint density at radius 2 is 2.22 bits per heavy atom. The lowest BCUT2D eigenvalue weighted by molar-refractivity contribution is -0.121. The first-order valence-electron chi connectivity index (χ1n) is 6.08. The van der Waals surface area contributed by atoms with Gasteiger partial charge in [0.1, 0.15) is 11.6 Å². The fourth-order valence-corrected chi connectivity index (χ4v) is 1.74. The first-order valence-corrected chi connectivity index (χ1v) is 6.08. The van der Waals surface area contributed by atoms with Crippen molar-refractivity contribution in [2.45, 2.75) is 26.8 Å². The summed E-state index contributed by atoms with van der Waals surface area (Å²) in [5, 5.41) is 2.62. The first kappa shape index (κ1) is 14.4. The number of nitrogens with two attached hydrogens (primary N) is 1. The molecule has 1 aromatic rings. The molecule has 18 heavy (non-hydrogen) atoms. The Balaban J connectivity index is 2.72. The second-order valence-electron chi connectivity index (χ2n) is 4.23. The Morgan fingerprint density at radius 1 is 1.50 bits per heavy atom. The van der Waals surface area contributed by atoms with Gasteiger partial charge in [-0.3, -0.25) is 9.69 Å². The van der Waals surface area contributed by atoms with Crippen LogP contribution in [0, 0.1) is 6.92 Å². The number of nitrogens with zero attached hydrogens (tertiary/aromatic N) is 3. The van der Waals surface area contributed by atoms with Crippen molar-refractivity contribution in [1.29, 1.82) is 0 Å². The quantitative estimate of drug-likeness (QED) is 0.761. The minimum atomic E-state index is -0.0101. The Bertz CT molecular complexity index is 387. The molecule has 6 heteroatoms. The lowest BCUT2D eigenvalue weighted by atomic mass is 10.3. The average Bonchev–Trinajstić information content (AvgIpc) is 2.27. The number of rotatable bonds is 6. The number of aryl methyl sites for hydroxylation is 1. The van der Waals surface area contributed by atoms with Crippen molar-refractivity contribution in [2.24, 2.45) is 0 Å². The number of aromatic nitrogens is 2. The van der Waals surface area contributed by atoms with Gasteiger partial charge in [-0.15, -0.1) is 0 Å². The molecule has 0 saturated heterocycles. The van der Waals surface area contributed by atoms with Crippen molar-refractivity contribution in [3.05, 3.63) is 17.6 Å². The number of carbonyl (C=O) groups is 1. The van der Waals surface area contributed by atoms with Gasteiger partial charge in [0.25, 0.3) is 0 Å². The van der Waals surface area contributed by atoms with Crippen LogP contribution >= 0.6 is 0 Å². The standard InChI is InChI=1S/C12H21N5O/c1-4-5-17(8-12(18)14-3)7-11-15-9(2)6-10(13)16-11/h6H,4-5,7-8H2,1-3H3,(H,14,18)(H2,13,15,16). The van der Waals surface area contributed by atoms with Gasteiger partial charge in [-0.1, -0.05) is 6.92 Å². The van der Waals surface area contributed by atoms with Crippen LogP contribution < -0.4 is 11.1 Å². The van der Waals surface area contributed by atoms with E-state index in [1.54, 1.807) is 13.1 Å². The molecular formula is C12H21N5O. The van der Waals surface area contributed by atoms with E-state index in [1.807, 2.05) is 11.8 Å². The molecule has 1 amide bonds. The summed E-state index contributed by atoms with van der Waals surface area (Å²) in [5.41, 5.74) is 6.53. The SMILES string of the molecule is CCCN(CC(=O)NC)Cc1nc(C)cc(N)n1.